The molecule has 8 nitrogen and oxygen atoms in total. The van der Waals surface area contributed by atoms with Gasteiger partial charge in [-0.1, -0.05) is 29.8 Å². The Morgan fingerprint density at radius 1 is 1.18 bits per heavy atom. The number of sulfonamides is 1. The Hall–Kier alpha value is -3.65. The van der Waals surface area contributed by atoms with E-state index in [9.17, 15) is 17.6 Å². The van der Waals surface area contributed by atoms with E-state index in [-0.39, 0.29) is 51.0 Å². The van der Waals surface area contributed by atoms with Crippen molar-refractivity contribution < 1.29 is 22.3 Å². The van der Waals surface area contributed by atoms with E-state index < -0.39 is 15.8 Å². The van der Waals surface area contributed by atoms with Gasteiger partial charge in [0.15, 0.2) is 11.6 Å². The summed E-state index contributed by atoms with van der Waals surface area (Å²) in [4.78, 5) is 17.3. The van der Waals surface area contributed by atoms with E-state index in [1.165, 1.54) is 41.3 Å². The van der Waals surface area contributed by atoms with Gasteiger partial charge in [-0.2, -0.15) is 0 Å². The summed E-state index contributed by atoms with van der Waals surface area (Å²) in [6.07, 6.45) is 0.172. The van der Waals surface area contributed by atoms with Gasteiger partial charge in [-0.15, -0.1) is 0 Å². The van der Waals surface area contributed by atoms with Crippen LogP contribution in [-0.2, 0) is 14.8 Å². The Morgan fingerprint density at radius 2 is 1.94 bits per heavy atom. The summed E-state index contributed by atoms with van der Waals surface area (Å²) < 4.78 is 43.1. The van der Waals surface area contributed by atoms with Crippen LogP contribution in [0, 0.1) is 12.4 Å². The van der Waals surface area contributed by atoms with Gasteiger partial charge >= 0.3 is 0 Å². The van der Waals surface area contributed by atoms with Crippen LogP contribution in [0.5, 0.6) is 11.5 Å². The summed E-state index contributed by atoms with van der Waals surface area (Å²) in [5.74, 6) is -1.20. The lowest BCUT2D eigenvalue weighted by molar-refractivity contribution is -0.117. The van der Waals surface area contributed by atoms with E-state index in [4.69, 9.17) is 33.8 Å². The third-order valence-electron chi connectivity index (χ3n) is 5.44. The molecule has 0 aromatic heterocycles. The average molecular weight is 501 g/mol. The Labute approximate surface area is 200 Å². The molecule has 0 bridgehead atoms. The van der Waals surface area contributed by atoms with Gasteiger partial charge in [0.2, 0.25) is 21.6 Å². The number of carbonyl (C=O) groups excluding carboxylic acids is 1. The van der Waals surface area contributed by atoms with Gasteiger partial charge in [0.25, 0.3) is 0 Å². The van der Waals surface area contributed by atoms with Gasteiger partial charge < -0.3 is 15.4 Å². The second kappa shape index (κ2) is 8.95. The number of anilines is 2. The van der Waals surface area contributed by atoms with Crippen molar-refractivity contribution in [1.29, 1.82) is 0 Å². The smallest absolute Gasteiger partial charge is 0.240 e. The molecule has 11 heteroatoms. The van der Waals surface area contributed by atoms with Crippen LogP contribution in [0.15, 0.2) is 59.5 Å². The minimum absolute atomic E-state index is 0.00391. The lowest BCUT2D eigenvalue weighted by atomic mass is 9.98. The molecular weight excluding hydrogens is 483 g/mol. The standard InChI is InChI=1S/C23H18ClFN4O4S/c1-28-19-4-2-3-17(25)23(19)33-20-9-13(5-7-16(20)24)14-10-22(30)29(12-14)15-6-8-21(18(26)11-15)34(27,31)32/h2-9,11,14H,10,12,26H2,(H2,27,31,32)/t14-/m0/s1. The third-order valence-corrected chi connectivity index (χ3v) is 6.74. The Kier molecular flexibility index (Phi) is 6.18. The molecule has 1 heterocycles. The lowest BCUT2D eigenvalue weighted by Crippen LogP contribution is -2.24. The van der Waals surface area contributed by atoms with Gasteiger partial charge in [0, 0.05) is 24.6 Å². The number of nitrogens with zero attached hydrogens (tertiary/aromatic N) is 2. The van der Waals surface area contributed by atoms with Gasteiger partial charge in [-0.05, 0) is 42.0 Å². The first-order chi connectivity index (χ1) is 16.1. The van der Waals surface area contributed by atoms with Crippen molar-refractivity contribution in [3.63, 3.8) is 0 Å². The quantitative estimate of drug-likeness (QED) is 0.392. The van der Waals surface area contributed by atoms with E-state index in [1.807, 2.05) is 0 Å². The molecule has 0 aliphatic carbocycles. The van der Waals surface area contributed by atoms with E-state index >= 15 is 0 Å². The molecule has 4 rings (SSSR count). The monoisotopic (exact) mass is 500 g/mol. The fourth-order valence-corrected chi connectivity index (χ4v) is 4.59. The van der Waals surface area contributed by atoms with Crippen molar-refractivity contribution in [2.24, 2.45) is 5.14 Å². The molecule has 0 radical (unpaired) electrons. The third kappa shape index (κ3) is 4.54. The van der Waals surface area contributed by atoms with Crippen LogP contribution < -0.4 is 20.5 Å². The molecule has 0 unspecified atom stereocenters. The molecule has 1 atom stereocenters. The number of amides is 1. The van der Waals surface area contributed by atoms with Crippen LogP contribution in [-0.4, -0.2) is 20.9 Å². The number of benzene rings is 3. The van der Waals surface area contributed by atoms with Crippen LogP contribution in [0.25, 0.3) is 4.85 Å². The highest BCUT2D eigenvalue weighted by molar-refractivity contribution is 7.89. The Balaban J connectivity index is 1.61. The highest BCUT2D eigenvalue weighted by Gasteiger charge is 2.32. The second-order valence-electron chi connectivity index (χ2n) is 7.66. The van der Waals surface area contributed by atoms with E-state index in [1.54, 1.807) is 18.2 Å². The first-order valence-corrected chi connectivity index (χ1v) is 11.9. The summed E-state index contributed by atoms with van der Waals surface area (Å²) >= 11 is 6.25. The summed E-state index contributed by atoms with van der Waals surface area (Å²) in [5, 5.41) is 5.36. The maximum atomic E-state index is 14.3. The summed E-state index contributed by atoms with van der Waals surface area (Å²) in [6.45, 7) is 7.51. The maximum absolute atomic E-state index is 14.3. The topological polar surface area (TPSA) is 120 Å². The zero-order valence-corrected chi connectivity index (χ0v) is 19.1. The molecule has 1 aliphatic rings. The van der Waals surface area contributed by atoms with Crippen LogP contribution in [0.3, 0.4) is 0 Å². The number of rotatable bonds is 5. The molecule has 1 amide bonds. The molecule has 3 aromatic carbocycles. The normalized spacial score (nSPS) is 15.9. The van der Waals surface area contributed by atoms with E-state index in [2.05, 4.69) is 4.85 Å². The molecular formula is C23H18ClFN4O4S. The number of hydrogen-bond donors (Lipinski definition) is 2. The van der Waals surface area contributed by atoms with E-state index in [0.717, 1.165) is 5.56 Å². The van der Waals surface area contributed by atoms with Gasteiger partial charge in [-0.3, -0.25) is 4.79 Å². The fourth-order valence-electron chi connectivity index (χ4n) is 3.79. The maximum Gasteiger partial charge on any atom is 0.240 e. The molecule has 1 saturated heterocycles. The van der Waals surface area contributed by atoms with Crippen molar-refractivity contribution in [2.75, 3.05) is 17.2 Å². The molecule has 0 spiro atoms. The minimum atomic E-state index is -3.98. The summed E-state index contributed by atoms with van der Waals surface area (Å²) in [6, 6.07) is 13.1. The predicted octanol–water partition coefficient (Wildman–Crippen LogP) is 4.57. The highest BCUT2D eigenvalue weighted by atomic mass is 35.5. The number of hydrogen-bond acceptors (Lipinski definition) is 5. The minimum Gasteiger partial charge on any atom is -0.464 e. The zero-order chi connectivity index (χ0) is 24.6. The first kappa shape index (κ1) is 23.5. The van der Waals surface area contributed by atoms with Gasteiger partial charge in [0.05, 0.1) is 17.3 Å². The molecule has 3 aromatic rings. The van der Waals surface area contributed by atoms with Crippen LogP contribution in [0.2, 0.25) is 5.02 Å². The van der Waals surface area contributed by atoms with Crippen LogP contribution in [0.1, 0.15) is 17.9 Å². The van der Waals surface area contributed by atoms with Crippen molar-refractivity contribution in [3.05, 3.63) is 82.4 Å². The molecule has 1 fully saturated rings. The summed E-state index contributed by atoms with van der Waals surface area (Å²) in [5.41, 5.74) is 6.95. The van der Waals surface area contributed by atoms with Crippen molar-refractivity contribution in [3.8, 4) is 11.5 Å². The first-order valence-electron chi connectivity index (χ1n) is 9.94. The molecule has 4 N–H and O–H groups in total. The second-order valence-corrected chi connectivity index (χ2v) is 9.60. The van der Waals surface area contributed by atoms with Crippen molar-refractivity contribution in [1.82, 2.24) is 0 Å². The van der Waals surface area contributed by atoms with Crippen LogP contribution >= 0.6 is 11.6 Å². The lowest BCUT2D eigenvalue weighted by Gasteiger charge is -2.19. The fraction of sp³-hybridized carbons (Fsp3) is 0.130. The average Bonchev–Trinajstić information content (AvgIpc) is 3.17. The Morgan fingerprint density at radius 3 is 2.62 bits per heavy atom. The van der Waals surface area contributed by atoms with Gasteiger partial charge in [0.1, 0.15) is 10.6 Å². The molecule has 34 heavy (non-hydrogen) atoms. The van der Waals surface area contributed by atoms with Gasteiger partial charge in [-0.25, -0.2) is 22.8 Å². The highest BCUT2D eigenvalue weighted by Crippen LogP contribution is 2.40. The van der Waals surface area contributed by atoms with Crippen molar-refractivity contribution in [2.45, 2.75) is 17.2 Å². The largest absolute Gasteiger partial charge is 0.464 e. The number of para-hydroxylation sites is 1. The Bertz CT molecular complexity index is 1460. The SMILES string of the molecule is [C-]#[N+]c1cccc(F)c1Oc1cc([C@H]2CC(=O)N(c3ccc(S(N)(=O)=O)c(N)c3)C2)ccc1Cl. The molecule has 0 saturated carbocycles. The number of ether oxygens (including phenoxy) is 1. The molecule has 1 aliphatic heterocycles. The predicted molar refractivity (Wildman–Crippen MR) is 126 cm³/mol. The number of carbonyl (C=O) groups is 1. The number of halogens is 2. The van der Waals surface area contributed by atoms with Crippen molar-refractivity contribution >= 4 is 44.6 Å². The zero-order valence-electron chi connectivity index (χ0n) is 17.5. The number of nitrogens with two attached hydrogens (primary N) is 2. The summed E-state index contributed by atoms with van der Waals surface area (Å²) in [7, 11) is -3.98. The van der Waals surface area contributed by atoms with Crippen LogP contribution in [0.4, 0.5) is 21.5 Å². The van der Waals surface area contributed by atoms with E-state index in [0.29, 0.717) is 12.2 Å². The number of primary sulfonamides is 1. The number of nitrogen functional groups attached to an aromatic ring is 1. The molecule has 174 valence electrons.